The van der Waals surface area contributed by atoms with E-state index < -0.39 is 12.2 Å². The number of hydrogen-bond acceptors (Lipinski definition) is 7. The highest BCUT2D eigenvalue weighted by Gasteiger charge is 2.26. The van der Waals surface area contributed by atoms with Crippen LogP contribution in [0.3, 0.4) is 0 Å². The molecule has 1 aliphatic heterocycles. The maximum atomic E-state index is 12.7. The van der Waals surface area contributed by atoms with E-state index in [0.717, 1.165) is 32.1 Å². The summed E-state index contributed by atoms with van der Waals surface area (Å²) >= 11 is 0. The molecule has 3 rings (SSSR count). The summed E-state index contributed by atoms with van der Waals surface area (Å²) in [5, 5.41) is 6.31. The van der Waals surface area contributed by atoms with Crippen molar-refractivity contribution in [1.82, 2.24) is 20.8 Å². The van der Waals surface area contributed by atoms with Crippen LogP contribution in [0.25, 0.3) is 6.08 Å². The van der Waals surface area contributed by atoms with Gasteiger partial charge in [0.1, 0.15) is 11.9 Å². The van der Waals surface area contributed by atoms with E-state index in [9.17, 15) is 9.59 Å². The summed E-state index contributed by atoms with van der Waals surface area (Å²) in [6.07, 6.45) is 12.8. The second-order valence-corrected chi connectivity index (χ2v) is 8.40. The molecule has 2 heterocycles. The molecule has 2 amide bonds. The first-order chi connectivity index (χ1) is 15.0. The number of nitrogens with one attached hydrogen (secondary N) is 3. The number of anilines is 1. The Hall–Kier alpha value is -2.52. The van der Waals surface area contributed by atoms with Gasteiger partial charge in [0.15, 0.2) is 6.29 Å². The second-order valence-electron chi connectivity index (χ2n) is 8.40. The van der Waals surface area contributed by atoms with E-state index in [1.807, 2.05) is 13.8 Å². The van der Waals surface area contributed by atoms with E-state index in [1.54, 1.807) is 18.5 Å². The Balaban J connectivity index is 1.47. The fraction of sp³-hybridized carbons (Fsp3) is 0.636. The van der Waals surface area contributed by atoms with Crippen LogP contribution >= 0.6 is 0 Å². The van der Waals surface area contributed by atoms with Gasteiger partial charge in [-0.25, -0.2) is 15.3 Å². The van der Waals surface area contributed by atoms with Crippen molar-refractivity contribution in [2.75, 3.05) is 11.9 Å². The van der Waals surface area contributed by atoms with Crippen molar-refractivity contribution in [3.8, 4) is 0 Å². The van der Waals surface area contributed by atoms with Gasteiger partial charge in [-0.05, 0) is 37.7 Å². The van der Waals surface area contributed by atoms with E-state index >= 15 is 0 Å². The van der Waals surface area contributed by atoms with Crippen molar-refractivity contribution in [2.45, 2.75) is 77.2 Å². The molecule has 2 fully saturated rings. The van der Waals surface area contributed by atoms with Crippen LogP contribution in [-0.2, 0) is 19.2 Å². The Morgan fingerprint density at radius 2 is 1.90 bits per heavy atom. The number of carbonyl (C=O) groups is 2. The van der Waals surface area contributed by atoms with Crippen LogP contribution in [0.1, 0.15) is 64.5 Å². The van der Waals surface area contributed by atoms with Gasteiger partial charge in [-0.2, -0.15) is 0 Å². The molecule has 1 aliphatic carbocycles. The predicted molar refractivity (Wildman–Crippen MR) is 117 cm³/mol. The second kappa shape index (κ2) is 11.8. The molecule has 3 N–H and O–H groups in total. The van der Waals surface area contributed by atoms with E-state index in [1.165, 1.54) is 18.9 Å². The Kier molecular flexibility index (Phi) is 8.78. The molecule has 1 aromatic heterocycles. The number of hydrogen-bond donors (Lipinski definition) is 3. The number of carbonyl (C=O) groups excluding carboxylic acids is 2. The lowest BCUT2D eigenvalue weighted by molar-refractivity contribution is -0.198. The molecule has 1 saturated heterocycles. The third-order valence-electron chi connectivity index (χ3n) is 5.46. The Labute approximate surface area is 183 Å². The van der Waals surface area contributed by atoms with Crippen molar-refractivity contribution >= 4 is 23.7 Å². The summed E-state index contributed by atoms with van der Waals surface area (Å²) in [5.74, 6) is 0.201. The monoisotopic (exact) mass is 431 g/mol. The summed E-state index contributed by atoms with van der Waals surface area (Å²) in [4.78, 5) is 38.4. The quantitative estimate of drug-likeness (QED) is 0.407. The van der Waals surface area contributed by atoms with Gasteiger partial charge in [0.25, 0.3) is 5.91 Å². The molecule has 170 valence electrons. The summed E-state index contributed by atoms with van der Waals surface area (Å²) in [6, 6.07) is -0.116. The summed E-state index contributed by atoms with van der Waals surface area (Å²) < 4.78 is 5.39. The smallest absolute Gasteiger partial charge is 0.267 e. The predicted octanol–water partition coefficient (Wildman–Crippen LogP) is 2.56. The molecular weight excluding hydrogens is 398 g/mol. The highest BCUT2D eigenvalue weighted by atomic mass is 16.8. The first-order valence-electron chi connectivity index (χ1n) is 11.2. The number of amides is 2. The minimum atomic E-state index is -0.401. The van der Waals surface area contributed by atoms with E-state index in [0.29, 0.717) is 18.1 Å². The van der Waals surface area contributed by atoms with Crippen LogP contribution in [0, 0.1) is 5.92 Å². The molecule has 1 unspecified atom stereocenters. The third kappa shape index (κ3) is 7.59. The molecule has 31 heavy (non-hydrogen) atoms. The van der Waals surface area contributed by atoms with E-state index in [4.69, 9.17) is 9.57 Å². The number of rotatable bonds is 9. The van der Waals surface area contributed by atoms with Crippen LogP contribution in [0.4, 0.5) is 5.82 Å². The number of ether oxygens (including phenoxy) is 1. The van der Waals surface area contributed by atoms with Crippen LogP contribution in [0.15, 0.2) is 18.5 Å². The third-order valence-corrected chi connectivity index (χ3v) is 5.46. The van der Waals surface area contributed by atoms with Crippen LogP contribution < -0.4 is 16.1 Å². The van der Waals surface area contributed by atoms with Crippen LogP contribution in [0.2, 0.25) is 0 Å². The number of aromatic nitrogens is 2. The lowest BCUT2D eigenvalue weighted by atomic mass is 10.0. The molecule has 0 aromatic carbocycles. The van der Waals surface area contributed by atoms with Crippen LogP contribution in [-0.4, -0.2) is 46.8 Å². The van der Waals surface area contributed by atoms with Gasteiger partial charge in [0, 0.05) is 25.1 Å². The highest BCUT2D eigenvalue weighted by molar-refractivity contribution is 5.90. The van der Waals surface area contributed by atoms with Gasteiger partial charge in [0.2, 0.25) is 5.91 Å². The number of nitrogens with zero attached hydrogens (tertiary/aromatic N) is 2. The minimum absolute atomic E-state index is 0.00807. The molecular formula is C22H33N5O4. The average molecular weight is 432 g/mol. The maximum absolute atomic E-state index is 12.7. The molecule has 2 atom stereocenters. The Bertz CT molecular complexity index is 741. The zero-order valence-corrected chi connectivity index (χ0v) is 18.3. The summed E-state index contributed by atoms with van der Waals surface area (Å²) in [7, 11) is 0. The highest BCUT2D eigenvalue weighted by Crippen LogP contribution is 2.19. The van der Waals surface area contributed by atoms with E-state index in [-0.39, 0.29) is 23.9 Å². The normalized spacial score (nSPS) is 20.7. The maximum Gasteiger partial charge on any atom is 0.267 e. The first-order valence-corrected chi connectivity index (χ1v) is 11.2. The summed E-state index contributed by atoms with van der Waals surface area (Å²) in [5.41, 5.74) is 2.88. The minimum Gasteiger partial charge on any atom is -0.357 e. The number of hydroxylamine groups is 1. The van der Waals surface area contributed by atoms with Gasteiger partial charge in [-0.1, -0.05) is 26.7 Å². The van der Waals surface area contributed by atoms with Crippen molar-refractivity contribution in [2.24, 2.45) is 5.92 Å². The van der Waals surface area contributed by atoms with Gasteiger partial charge >= 0.3 is 0 Å². The van der Waals surface area contributed by atoms with Gasteiger partial charge in [-0.15, -0.1) is 0 Å². The van der Waals surface area contributed by atoms with E-state index in [2.05, 4.69) is 26.1 Å². The first kappa shape index (κ1) is 23.1. The zero-order chi connectivity index (χ0) is 22.1. The largest absolute Gasteiger partial charge is 0.357 e. The fourth-order valence-electron chi connectivity index (χ4n) is 3.68. The molecule has 0 spiro atoms. The Morgan fingerprint density at radius 1 is 1.13 bits per heavy atom. The molecule has 0 bridgehead atoms. The fourth-order valence-corrected chi connectivity index (χ4v) is 3.68. The van der Waals surface area contributed by atoms with Gasteiger partial charge in [-0.3, -0.25) is 14.6 Å². The topological polar surface area (TPSA) is 114 Å². The molecule has 9 nitrogen and oxygen atoms in total. The van der Waals surface area contributed by atoms with Crippen molar-refractivity contribution in [3.05, 3.63) is 24.2 Å². The van der Waals surface area contributed by atoms with Crippen molar-refractivity contribution < 1.29 is 19.2 Å². The van der Waals surface area contributed by atoms with Gasteiger partial charge in [0.05, 0.1) is 18.1 Å². The van der Waals surface area contributed by atoms with Crippen molar-refractivity contribution in [1.29, 1.82) is 0 Å². The molecule has 1 aromatic rings. The standard InChI is InChI=1S/C22H33N5O4/c1-15(2)21(22(29)25-16-7-3-4-8-16)26-18-14-23-17(13-24-18)10-11-19(28)27-31-20-9-5-6-12-30-20/h10-11,13-16,20-21H,3-9,12H2,1-2H3,(H,24,26)(H,25,29)(H,27,28)/b11-10+/t20?,21-/m1/s1. The SMILES string of the molecule is CC(C)[C@@H](Nc1cnc(/C=C/C(=O)NOC2CCCCO2)cn1)C(=O)NC1CCCC1. The van der Waals surface area contributed by atoms with Crippen molar-refractivity contribution in [3.63, 3.8) is 0 Å². The lowest BCUT2D eigenvalue weighted by Gasteiger charge is -2.24. The van der Waals surface area contributed by atoms with Crippen LogP contribution in [0.5, 0.6) is 0 Å². The average Bonchev–Trinajstić information content (AvgIpc) is 3.28. The van der Waals surface area contributed by atoms with Gasteiger partial charge < -0.3 is 15.4 Å². The summed E-state index contributed by atoms with van der Waals surface area (Å²) in [6.45, 7) is 4.64. The molecule has 9 heteroatoms. The Morgan fingerprint density at radius 3 is 2.55 bits per heavy atom. The molecule has 2 aliphatic rings. The molecule has 0 radical (unpaired) electrons. The molecule has 1 saturated carbocycles. The zero-order valence-electron chi connectivity index (χ0n) is 18.3. The lowest BCUT2D eigenvalue weighted by Crippen LogP contribution is -2.46.